The minimum absolute atomic E-state index is 0.330. The molecule has 3 aromatic heterocycles. The van der Waals surface area contributed by atoms with Crippen LogP contribution in [0.2, 0.25) is 0 Å². The molecule has 1 amide bonds. The predicted octanol–water partition coefficient (Wildman–Crippen LogP) is 4.12. The van der Waals surface area contributed by atoms with E-state index in [1.54, 1.807) is 30.5 Å². The van der Waals surface area contributed by atoms with Crippen LogP contribution >= 0.6 is 0 Å². The van der Waals surface area contributed by atoms with E-state index >= 15 is 0 Å². The summed E-state index contributed by atoms with van der Waals surface area (Å²) in [7, 11) is 0. The van der Waals surface area contributed by atoms with E-state index in [1.165, 1.54) is 18.3 Å². The monoisotopic (exact) mass is 391 g/mol. The molecule has 2 N–H and O–H groups in total. The summed E-state index contributed by atoms with van der Waals surface area (Å²) in [6.45, 7) is 4.17. The smallest absolute Gasteiger partial charge is 0.258 e. The van der Waals surface area contributed by atoms with Crippen molar-refractivity contribution in [3.63, 3.8) is 0 Å². The van der Waals surface area contributed by atoms with Gasteiger partial charge in [-0.15, -0.1) is 0 Å². The lowest BCUT2D eigenvalue weighted by Gasteiger charge is -2.11. The van der Waals surface area contributed by atoms with Crippen LogP contribution in [0.4, 0.5) is 10.1 Å². The summed E-state index contributed by atoms with van der Waals surface area (Å²) in [6, 6.07) is 9.39. The molecule has 4 rings (SSSR count). The Balaban J connectivity index is 1.70. The number of aromatic amines is 1. The van der Waals surface area contributed by atoms with Crippen molar-refractivity contribution in [2.45, 2.75) is 13.8 Å². The molecule has 0 radical (unpaired) electrons. The average molecular weight is 391 g/mol. The Hall–Kier alpha value is -3.81. The predicted molar refractivity (Wildman–Crippen MR) is 107 cm³/mol. The molecule has 1 aromatic carbocycles. The van der Waals surface area contributed by atoms with Crippen LogP contribution in [0.5, 0.6) is 5.75 Å². The van der Waals surface area contributed by atoms with Crippen LogP contribution in [0.15, 0.2) is 48.8 Å². The van der Waals surface area contributed by atoms with Gasteiger partial charge in [0.15, 0.2) is 5.65 Å². The first kappa shape index (κ1) is 18.5. The van der Waals surface area contributed by atoms with Gasteiger partial charge in [-0.2, -0.15) is 0 Å². The maximum absolute atomic E-state index is 13.5. The second kappa shape index (κ2) is 7.67. The topological polar surface area (TPSA) is 92.8 Å². The number of aryl methyl sites for hydroxylation is 1. The summed E-state index contributed by atoms with van der Waals surface area (Å²) in [6.07, 6.45) is 3.07. The molecule has 4 aromatic rings. The molecule has 0 bridgehead atoms. The number of halogens is 1. The molecule has 0 aliphatic rings. The van der Waals surface area contributed by atoms with E-state index in [1.807, 2.05) is 13.8 Å². The molecule has 8 heteroatoms. The number of rotatable bonds is 5. The highest BCUT2D eigenvalue weighted by atomic mass is 19.1. The van der Waals surface area contributed by atoms with Gasteiger partial charge in [0.25, 0.3) is 5.91 Å². The first-order valence-electron chi connectivity index (χ1n) is 9.06. The lowest BCUT2D eigenvalue weighted by atomic mass is 10.2. The largest absolute Gasteiger partial charge is 0.492 e. The zero-order valence-corrected chi connectivity index (χ0v) is 15.9. The number of anilines is 1. The van der Waals surface area contributed by atoms with Gasteiger partial charge >= 0.3 is 0 Å². The Morgan fingerprint density at radius 1 is 1.24 bits per heavy atom. The second-order valence-electron chi connectivity index (χ2n) is 6.36. The molecule has 146 valence electrons. The number of hydrogen-bond acceptors (Lipinski definition) is 5. The van der Waals surface area contributed by atoms with E-state index in [4.69, 9.17) is 4.74 Å². The third-order valence-electron chi connectivity index (χ3n) is 4.28. The van der Waals surface area contributed by atoms with Gasteiger partial charge in [0.2, 0.25) is 0 Å². The van der Waals surface area contributed by atoms with Crippen LogP contribution < -0.4 is 10.1 Å². The van der Waals surface area contributed by atoms with Crippen LogP contribution in [0, 0.1) is 12.7 Å². The fraction of sp³-hybridized carbons (Fsp3) is 0.143. The van der Waals surface area contributed by atoms with E-state index in [-0.39, 0.29) is 11.7 Å². The van der Waals surface area contributed by atoms with E-state index in [0.29, 0.717) is 46.2 Å². The number of nitrogens with zero attached hydrogens (tertiary/aromatic N) is 3. The summed E-state index contributed by atoms with van der Waals surface area (Å²) < 4.78 is 19.1. The van der Waals surface area contributed by atoms with Crippen molar-refractivity contribution in [1.29, 1.82) is 0 Å². The lowest BCUT2D eigenvalue weighted by molar-refractivity contribution is 0.102. The van der Waals surface area contributed by atoms with E-state index in [2.05, 4.69) is 25.3 Å². The molecule has 0 spiro atoms. The number of benzene rings is 1. The van der Waals surface area contributed by atoms with Gasteiger partial charge < -0.3 is 15.0 Å². The van der Waals surface area contributed by atoms with E-state index < -0.39 is 0 Å². The number of carbonyl (C=O) groups is 1. The van der Waals surface area contributed by atoms with Gasteiger partial charge in [0.1, 0.15) is 28.6 Å². The van der Waals surface area contributed by atoms with E-state index in [9.17, 15) is 9.18 Å². The summed E-state index contributed by atoms with van der Waals surface area (Å²) in [4.78, 5) is 28.9. The van der Waals surface area contributed by atoms with Gasteiger partial charge in [-0.25, -0.2) is 14.4 Å². The Morgan fingerprint density at radius 2 is 2.10 bits per heavy atom. The van der Waals surface area contributed by atoms with Crippen molar-refractivity contribution < 1.29 is 13.9 Å². The molecule has 0 saturated heterocycles. The maximum atomic E-state index is 13.5. The third kappa shape index (κ3) is 3.77. The van der Waals surface area contributed by atoms with Gasteiger partial charge in [-0.05, 0) is 32.0 Å². The number of H-pyrrole nitrogens is 1. The number of imidazole rings is 1. The first-order chi connectivity index (χ1) is 14.0. The molecule has 0 unspecified atom stereocenters. The molecule has 0 atom stereocenters. The minimum atomic E-state index is -0.374. The standard InChI is InChI=1S/C21H18FN5O2/c1-3-29-17-9-12(2)24-11-16(17)25-21(28)15-7-8-23-20-18(15)26-19(27-20)13-5-4-6-14(22)10-13/h4-11H,3H2,1-2H3,(H,25,28)(H,23,26,27). The molecule has 0 aliphatic carbocycles. The Bertz CT molecular complexity index is 1200. The van der Waals surface area contributed by atoms with Crippen LogP contribution in [-0.2, 0) is 0 Å². The van der Waals surface area contributed by atoms with Gasteiger partial charge in [-0.1, -0.05) is 12.1 Å². The normalized spacial score (nSPS) is 10.9. The number of hydrogen-bond donors (Lipinski definition) is 2. The van der Waals surface area contributed by atoms with Crippen LogP contribution in [0.25, 0.3) is 22.6 Å². The van der Waals surface area contributed by atoms with Gasteiger partial charge in [0.05, 0.1) is 18.4 Å². The first-order valence-corrected chi connectivity index (χ1v) is 9.06. The molecule has 0 saturated carbocycles. The van der Waals surface area contributed by atoms with Crippen LogP contribution in [-0.4, -0.2) is 32.4 Å². The Labute approximate surface area is 166 Å². The molecule has 29 heavy (non-hydrogen) atoms. The lowest BCUT2D eigenvalue weighted by Crippen LogP contribution is -2.14. The van der Waals surface area contributed by atoms with Crippen molar-refractivity contribution in [1.82, 2.24) is 19.9 Å². The number of ether oxygens (including phenoxy) is 1. The number of aromatic nitrogens is 4. The molecular formula is C21H18FN5O2. The van der Waals surface area contributed by atoms with E-state index in [0.717, 1.165) is 5.69 Å². The van der Waals surface area contributed by atoms with Crippen molar-refractivity contribution in [2.24, 2.45) is 0 Å². The number of fused-ring (bicyclic) bond motifs is 1. The molecule has 7 nitrogen and oxygen atoms in total. The molecular weight excluding hydrogens is 373 g/mol. The van der Waals surface area contributed by atoms with Crippen molar-refractivity contribution in [2.75, 3.05) is 11.9 Å². The fourth-order valence-electron chi connectivity index (χ4n) is 2.96. The Morgan fingerprint density at radius 3 is 2.90 bits per heavy atom. The highest BCUT2D eigenvalue weighted by Crippen LogP contribution is 2.26. The van der Waals surface area contributed by atoms with Crippen molar-refractivity contribution in [3.8, 4) is 17.1 Å². The number of amides is 1. The number of pyridine rings is 2. The molecule has 0 fully saturated rings. The van der Waals surface area contributed by atoms with Crippen molar-refractivity contribution >= 4 is 22.8 Å². The number of nitrogens with one attached hydrogen (secondary N) is 2. The average Bonchev–Trinajstić information content (AvgIpc) is 3.14. The number of carbonyl (C=O) groups excluding carboxylic acids is 1. The summed E-state index contributed by atoms with van der Waals surface area (Å²) >= 11 is 0. The van der Waals surface area contributed by atoms with Crippen molar-refractivity contribution in [3.05, 3.63) is 65.9 Å². The zero-order chi connectivity index (χ0) is 20.4. The maximum Gasteiger partial charge on any atom is 0.258 e. The highest BCUT2D eigenvalue weighted by molar-refractivity contribution is 6.11. The third-order valence-corrected chi connectivity index (χ3v) is 4.28. The fourth-order valence-corrected chi connectivity index (χ4v) is 2.96. The molecule has 3 heterocycles. The van der Waals surface area contributed by atoms with Gasteiger partial charge in [0, 0.05) is 23.5 Å². The Kier molecular flexibility index (Phi) is 4.90. The summed E-state index contributed by atoms with van der Waals surface area (Å²) in [5.41, 5.74) is 2.97. The zero-order valence-electron chi connectivity index (χ0n) is 15.9. The quantitative estimate of drug-likeness (QED) is 0.534. The highest BCUT2D eigenvalue weighted by Gasteiger charge is 2.17. The summed E-state index contributed by atoms with van der Waals surface area (Å²) in [5, 5.41) is 2.82. The second-order valence-corrected chi connectivity index (χ2v) is 6.36. The van der Waals surface area contributed by atoms with Crippen LogP contribution in [0.1, 0.15) is 23.0 Å². The minimum Gasteiger partial charge on any atom is -0.492 e. The summed E-state index contributed by atoms with van der Waals surface area (Å²) in [5.74, 6) is 0.228. The van der Waals surface area contributed by atoms with Gasteiger partial charge in [-0.3, -0.25) is 9.78 Å². The SMILES string of the molecule is CCOc1cc(C)ncc1NC(=O)c1ccnc2[nH]c(-c3cccc(F)c3)nc12. The van der Waals surface area contributed by atoms with Crippen LogP contribution in [0.3, 0.4) is 0 Å². The molecule has 0 aliphatic heterocycles.